The molecule has 1 amide bonds. The van der Waals surface area contributed by atoms with Gasteiger partial charge in [0, 0.05) is 33.4 Å². The van der Waals surface area contributed by atoms with Gasteiger partial charge in [-0.25, -0.2) is 0 Å². The number of carbonyl (C=O) groups excluding carboxylic acids is 1. The molecule has 8 heteroatoms. The molecular weight excluding hydrogens is 402 g/mol. The maximum absolute atomic E-state index is 13.1. The van der Waals surface area contributed by atoms with E-state index in [9.17, 15) is 9.90 Å². The second kappa shape index (κ2) is 12.5. The second-order valence-electron chi connectivity index (χ2n) is 7.28. The molecule has 0 bridgehead atoms. The number of benzene rings is 1. The molecule has 0 spiro atoms. The normalized spacial score (nSPS) is 25.8. The Labute approximate surface area is 183 Å². The van der Waals surface area contributed by atoms with E-state index in [4.69, 9.17) is 23.7 Å². The highest BCUT2D eigenvalue weighted by Gasteiger charge is 2.27. The molecule has 1 aliphatic heterocycles. The van der Waals surface area contributed by atoms with Crippen molar-refractivity contribution in [2.24, 2.45) is 0 Å². The van der Waals surface area contributed by atoms with Gasteiger partial charge in [-0.05, 0) is 31.4 Å². The van der Waals surface area contributed by atoms with Crippen LogP contribution in [-0.4, -0.2) is 70.6 Å². The first kappa shape index (κ1) is 24.9. The topological polar surface area (TPSA) is 95.5 Å². The monoisotopic (exact) mass is 435 g/mol. The van der Waals surface area contributed by atoms with Crippen molar-refractivity contribution >= 4 is 12.0 Å². The summed E-state index contributed by atoms with van der Waals surface area (Å²) in [6.45, 7) is 1.88. The lowest BCUT2D eigenvalue weighted by atomic mass is 9.99. The Morgan fingerprint density at radius 1 is 1.10 bits per heavy atom. The molecule has 0 aromatic heterocycles. The third-order valence-electron chi connectivity index (χ3n) is 5.05. The zero-order valence-corrected chi connectivity index (χ0v) is 18.8. The molecular formula is C23H33NO7. The van der Waals surface area contributed by atoms with E-state index in [1.165, 1.54) is 7.11 Å². The van der Waals surface area contributed by atoms with Gasteiger partial charge in [-0.1, -0.05) is 24.3 Å². The van der Waals surface area contributed by atoms with Gasteiger partial charge in [0.1, 0.15) is 23.7 Å². The number of carbonyl (C=O) groups is 1. The van der Waals surface area contributed by atoms with Crippen LogP contribution in [-0.2, 0) is 14.2 Å². The number of hydrogen-bond acceptors (Lipinski definition) is 7. The van der Waals surface area contributed by atoms with E-state index in [1.54, 1.807) is 39.5 Å². The van der Waals surface area contributed by atoms with E-state index >= 15 is 0 Å². The summed E-state index contributed by atoms with van der Waals surface area (Å²) < 4.78 is 27.1. The number of methoxy groups -OCH3 is 4. The van der Waals surface area contributed by atoms with Gasteiger partial charge >= 0.3 is 0 Å². The van der Waals surface area contributed by atoms with Gasteiger partial charge in [0.2, 0.25) is 0 Å². The largest absolute Gasteiger partial charge is 0.497 e. The summed E-state index contributed by atoms with van der Waals surface area (Å²) in [5, 5.41) is 13.5. The summed E-state index contributed by atoms with van der Waals surface area (Å²) in [6.07, 6.45) is 6.42. The number of amides is 1. The van der Waals surface area contributed by atoms with E-state index in [-0.39, 0.29) is 24.8 Å². The molecule has 1 aromatic carbocycles. The molecule has 1 aromatic rings. The fourth-order valence-electron chi connectivity index (χ4n) is 3.43. The van der Waals surface area contributed by atoms with Gasteiger partial charge in [-0.15, -0.1) is 0 Å². The lowest BCUT2D eigenvalue weighted by molar-refractivity contribution is -0.0794. The molecule has 2 N–H and O–H groups in total. The third kappa shape index (κ3) is 6.80. The SMILES string of the molecule is COCOc1cc(OC)cc2c1C(=O)NC(C)C/C=C\C(O)C(OC)[C@@H](OC)CC=C2. The van der Waals surface area contributed by atoms with Crippen molar-refractivity contribution in [1.29, 1.82) is 0 Å². The van der Waals surface area contributed by atoms with Gasteiger partial charge in [0.25, 0.3) is 5.91 Å². The van der Waals surface area contributed by atoms with E-state index in [0.717, 1.165) is 0 Å². The number of fused-ring (bicyclic) bond motifs is 1. The molecule has 0 aliphatic carbocycles. The Hall–Kier alpha value is -2.39. The van der Waals surface area contributed by atoms with Crippen LogP contribution in [0.3, 0.4) is 0 Å². The Kier molecular flexibility index (Phi) is 10.00. The highest BCUT2D eigenvalue weighted by Crippen LogP contribution is 2.31. The molecule has 0 radical (unpaired) electrons. The molecule has 0 saturated carbocycles. The summed E-state index contributed by atoms with van der Waals surface area (Å²) in [7, 11) is 6.18. The zero-order valence-electron chi connectivity index (χ0n) is 18.8. The predicted molar refractivity (Wildman–Crippen MR) is 117 cm³/mol. The van der Waals surface area contributed by atoms with E-state index < -0.39 is 12.2 Å². The average molecular weight is 436 g/mol. The van der Waals surface area contributed by atoms with Crippen LogP contribution in [0.2, 0.25) is 0 Å². The van der Waals surface area contributed by atoms with E-state index in [1.807, 2.05) is 25.2 Å². The van der Waals surface area contributed by atoms with Crippen LogP contribution in [0.25, 0.3) is 6.08 Å². The van der Waals surface area contributed by atoms with Crippen LogP contribution in [0, 0.1) is 0 Å². The fraction of sp³-hybridized carbons (Fsp3) is 0.522. The Morgan fingerprint density at radius 3 is 2.52 bits per heavy atom. The zero-order chi connectivity index (χ0) is 22.8. The molecule has 2 rings (SSSR count). The maximum atomic E-state index is 13.1. The number of rotatable bonds is 6. The minimum absolute atomic E-state index is 0.00590. The first-order chi connectivity index (χ1) is 14.9. The quantitative estimate of drug-likeness (QED) is 0.524. The first-order valence-corrected chi connectivity index (χ1v) is 10.2. The highest BCUT2D eigenvalue weighted by molar-refractivity contribution is 6.01. The molecule has 0 saturated heterocycles. The first-order valence-electron chi connectivity index (χ1n) is 10.2. The van der Waals surface area contributed by atoms with Crippen molar-refractivity contribution in [2.45, 2.75) is 44.1 Å². The number of nitrogens with one attached hydrogen (secondary N) is 1. The van der Waals surface area contributed by atoms with Gasteiger partial charge in [0.15, 0.2) is 6.79 Å². The van der Waals surface area contributed by atoms with Gasteiger partial charge in [0.05, 0.1) is 18.8 Å². The van der Waals surface area contributed by atoms with Crippen LogP contribution < -0.4 is 14.8 Å². The minimum Gasteiger partial charge on any atom is -0.497 e. The molecule has 1 aliphatic rings. The number of ether oxygens (including phenoxy) is 5. The van der Waals surface area contributed by atoms with E-state index in [2.05, 4.69) is 5.32 Å². The van der Waals surface area contributed by atoms with Gasteiger partial charge in [-0.3, -0.25) is 4.79 Å². The van der Waals surface area contributed by atoms with Crippen LogP contribution in [0.15, 0.2) is 30.4 Å². The molecule has 1 heterocycles. The van der Waals surface area contributed by atoms with Crippen molar-refractivity contribution in [3.05, 3.63) is 41.5 Å². The Bertz CT molecular complexity index is 777. The lowest BCUT2D eigenvalue weighted by Gasteiger charge is -2.27. The summed E-state index contributed by atoms with van der Waals surface area (Å²) in [5.74, 6) is 0.638. The maximum Gasteiger partial charge on any atom is 0.255 e. The predicted octanol–water partition coefficient (Wildman–Crippen LogP) is 2.55. The molecule has 31 heavy (non-hydrogen) atoms. The summed E-state index contributed by atoms with van der Waals surface area (Å²) in [6, 6.07) is 3.26. The second-order valence-corrected chi connectivity index (χ2v) is 7.28. The Balaban J connectivity index is 2.53. The standard InChI is InChI=1S/C23H33NO7/c1-15-8-6-10-18(25)22(30-5)19(29-4)11-7-9-16-12-17(28-3)13-20(31-14-27-2)21(16)23(26)24-15/h6-7,9-10,12-13,15,18-19,22,25H,8,11,14H2,1-5H3,(H,24,26)/b9-7?,10-6-/t15?,18?,19-,22?/m0/s1. The van der Waals surface area contributed by atoms with Crippen LogP contribution in [0.1, 0.15) is 35.7 Å². The molecule has 8 nitrogen and oxygen atoms in total. The van der Waals surface area contributed by atoms with Gasteiger partial charge < -0.3 is 34.1 Å². The summed E-state index contributed by atoms with van der Waals surface area (Å²) in [4.78, 5) is 13.1. The van der Waals surface area contributed by atoms with Crippen LogP contribution in [0.5, 0.6) is 11.5 Å². The summed E-state index contributed by atoms with van der Waals surface area (Å²) in [5.41, 5.74) is 1.02. The lowest BCUT2D eigenvalue weighted by Crippen LogP contribution is -2.39. The number of hydrogen-bond donors (Lipinski definition) is 2. The van der Waals surface area contributed by atoms with Crippen molar-refractivity contribution in [3.63, 3.8) is 0 Å². The average Bonchev–Trinajstić information content (AvgIpc) is 2.75. The third-order valence-corrected chi connectivity index (χ3v) is 5.05. The fourth-order valence-corrected chi connectivity index (χ4v) is 3.43. The number of aliphatic hydroxyl groups is 1. The van der Waals surface area contributed by atoms with E-state index in [0.29, 0.717) is 35.5 Å². The minimum atomic E-state index is -0.837. The molecule has 4 atom stereocenters. The van der Waals surface area contributed by atoms with Gasteiger partial charge in [-0.2, -0.15) is 0 Å². The smallest absolute Gasteiger partial charge is 0.255 e. The van der Waals surface area contributed by atoms with Crippen LogP contribution >= 0.6 is 0 Å². The highest BCUT2D eigenvalue weighted by atomic mass is 16.7. The van der Waals surface area contributed by atoms with Crippen molar-refractivity contribution < 1.29 is 33.6 Å². The molecule has 0 fully saturated rings. The summed E-state index contributed by atoms with van der Waals surface area (Å²) >= 11 is 0. The van der Waals surface area contributed by atoms with Crippen molar-refractivity contribution in [3.8, 4) is 11.5 Å². The number of aliphatic hydroxyl groups excluding tert-OH is 1. The Morgan fingerprint density at radius 2 is 1.87 bits per heavy atom. The molecule has 3 unspecified atom stereocenters. The van der Waals surface area contributed by atoms with Crippen molar-refractivity contribution in [1.82, 2.24) is 5.32 Å². The van der Waals surface area contributed by atoms with Crippen LogP contribution in [0.4, 0.5) is 0 Å². The van der Waals surface area contributed by atoms with Crippen molar-refractivity contribution in [2.75, 3.05) is 35.2 Å². The molecule has 172 valence electrons.